The molecule has 2 rings (SSSR count). The van der Waals surface area contributed by atoms with Gasteiger partial charge in [0.25, 0.3) is 0 Å². The Kier molecular flexibility index (Phi) is 4.71. The highest BCUT2D eigenvalue weighted by Crippen LogP contribution is 2.19. The molecule has 1 saturated heterocycles. The number of aromatic nitrogens is 2. The van der Waals surface area contributed by atoms with Crippen LogP contribution in [0.25, 0.3) is 0 Å². The number of hydrogen-bond donors (Lipinski definition) is 0. The van der Waals surface area contributed by atoms with Crippen LogP contribution >= 0.6 is 0 Å². The fraction of sp³-hybridized carbons (Fsp3) is 0.667. The summed E-state index contributed by atoms with van der Waals surface area (Å²) in [6.45, 7) is 2.92. The molecule has 1 aromatic heterocycles. The molecule has 0 amide bonds. The average Bonchev–Trinajstić information content (AvgIpc) is 2.40. The average molecular weight is 285 g/mol. The first-order valence-corrected chi connectivity index (χ1v) is 8.15. The van der Waals surface area contributed by atoms with E-state index >= 15 is 0 Å². The molecule has 0 spiro atoms. The van der Waals surface area contributed by atoms with Gasteiger partial charge in [0.05, 0.1) is 5.75 Å². The van der Waals surface area contributed by atoms with Gasteiger partial charge >= 0.3 is 0 Å². The molecular formula is C12H19N3O3S. The Morgan fingerprint density at radius 3 is 2.74 bits per heavy atom. The van der Waals surface area contributed by atoms with Crippen molar-refractivity contribution < 1.29 is 13.2 Å². The maximum atomic E-state index is 11.9. The molecule has 7 heteroatoms. The molecule has 19 heavy (non-hydrogen) atoms. The summed E-state index contributed by atoms with van der Waals surface area (Å²) in [7, 11) is -3.08. The highest BCUT2D eigenvalue weighted by atomic mass is 32.2. The van der Waals surface area contributed by atoms with Gasteiger partial charge in [0.1, 0.15) is 6.10 Å². The van der Waals surface area contributed by atoms with E-state index in [9.17, 15) is 8.42 Å². The van der Waals surface area contributed by atoms with Crippen LogP contribution in [0, 0.1) is 0 Å². The number of ether oxygens (including phenoxy) is 1. The molecule has 0 saturated carbocycles. The molecule has 0 aromatic carbocycles. The minimum absolute atomic E-state index is 0.0183. The Hall–Kier alpha value is -1.21. The van der Waals surface area contributed by atoms with Crippen molar-refractivity contribution in [2.45, 2.75) is 32.3 Å². The van der Waals surface area contributed by atoms with Crippen LogP contribution in [0.4, 0.5) is 0 Å². The lowest BCUT2D eigenvalue weighted by molar-refractivity contribution is 0.128. The van der Waals surface area contributed by atoms with Crippen molar-refractivity contribution in [2.24, 2.45) is 0 Å². The van der Waals surface area contributed by atoms with E-state index < -0.39 is 10.0 Å². The number of piperidine rings is 1. The predicted octanol–water partition coefficient (Wildman–Crippen LogP) is 1.06. The second kappa shape index (κ2) is 6.29. The highest BCUT2D eigenvalue weighted by Gasteiger charge is 2.28. The summed E-state index contributed by atoms with van der Waals surface area (Å²) in [5.41, 5.74) is 0. The van der Waals surface area contributed by atoms with Gasteiger partial charge in [0, 0.05) is 25.4 Å². The third-order valence-electron chi connectivity index (χ3n) is 3.09. The summed E-state index contributed by atoms with van der Waals surface area (Å²) in [5.74, 6) is 0.722. The number of hydrogen-bond acceptors (Lipinski definition) is 5. The third-order valence-corrected chi connectivity index (χ3v) is 5.17. The second-order valence-corrected chi connectivity index (χ2v) is 6.68. The molecule has 0 bridgehead atoms. The van der Waals surface area contributed by atoms with Crippen molar-refractivity contribution >= 4 is 10.0 Å². The Morgan fingerprint density at radius 1 is 1.42 bits per heavy atom. The molecule has 1 fully saturated rings. The number of rotatable bonds is 5. The van der Waals surface area contributed by atoms with Crippen molar-refractivity contribution in [2.75, 3.05) is 18.8 Å². The zero-order chi connectivity index (χ0) is 13.7. The maximum Gasteiger partial charge on any atom is 0.233 e. The lowest BCUT2D eigenvalue weighted by Gasteiger charge is -2.30. The molecule has 0 aliphatic carbocycles. The maximum absolute atomic E-state index is 11.9. The van der Waals surface area contributed by atoms with Crippen molar-refractivity contribution in [3.05, 3.63) is 18.3 Å². The predicted molar refractivity (Wildman–Crippen MR) is 71.3 cm³/mol. The fourth-order valence-corrected chi connectivity index (χ4v) is 3.68. The molecule has 106 valence electrons. The van der Waals surface area contributed by atoms with Crippen LogP contribution in [-0.4, -0.2) is 47.9 Å². The third kappa shape index (κ3) is 3.87. The standard InChI is InChI=1S/C12H19N3O3S/c1-2-10-19(16,17)15-8-5-11(6-9-15)18-12-4-3-7-13-14-12/h3-4,7,11H,2,5-6,8-10H2,1H3. The van der Waals surface area contributed by atoms with Gasteiger partial charge in [-0.1, -0.05) is 6.92 Å². The minimum Gasteiger partial charge on any atom is -0.473 e. The Balaban J connectivity index is 1.86. The summed E-state index contributed by atoms with van der Waals surface area (Å²) < 4.78 is 31.1. The van der Waals surface area contributed by atoms with Crippen molar-refractivity contribution in [3.63, 3.8) is 0 Å². The molecule has 1 aliphatic rings. The Bertz CT molecular complexity index is 484. The lowest BCUT2D eigenvalue weighted by atomic mass is 10.1. The van der Waals surface area contributed by atoms with Crippen LogP contribution in [0.15, 0.2) is 18.3 Å². The fourth-order valence-electron chi connectivity index (χ4n) is 2.14. The van der Waals surface area contributed by atoms with Gasteiger partial charge in [-0.05, 0) is 25.3 Å². The first-order valence-electron chi connectivity index (χ1n) is 6.54. The van der Waals surface area contributed by atoms with E-state index in [2.05, 4.69) is 10.2 Å². The SMILES string of the molecule is CCCS(=O)(=O)N1CCC(Oc2cccnn2)CC1. The lowest BCUT2D eigenvalue weighted by Crippen LogP contribution is -2.42. The van der Waals surface area contributed by atoms with Crippen LogP contribution in [0.2, 0.25) is 0 Å². The summed E-state index contributed by atoms with van der Waals surface area (Å²) in [6, 6.07) is 3.52. The van der Waals surface area contributed by atoms with Crippen LogP contribution in [0.1, 0.15) is 26.2 Å². The van der Waals surface area contributed by atoms with E-state index in [1.807, 2.05) is 6.92 Å². The quantitative estimate of drug-likeness (QED) is 0.809. The topological polar surface area (TPSA) is 72.4 Å². The molecular weight excluding hydrogens is 266 g/mol. The van der Waals surface area contributed by atoms with Crippen LogP contribution < -0.4 is 4.74 Å². The largest absolute Gasteiger partial charge is 0.473 e. The van der Waals surface area contributed by atoms with Gasteiger partial charge in [0.2, 0.25) is 15.9 Å². The van der Waals surface area contributed by atoms with E-state index in [0.29, 0.717) is 38.2 Å². The minimum atomic E-state index is -3.08. The molecule has 0 N–H and O–H groups in total. The monoisotopic (exact) mass is 285 g/mol. The van der Waals surface area contributed by atoms with Crippen molar-refractivity contribution in [1.82, 2.24) is 14.5 Å². The molecule has 6 nitrogen and oxygen atoms in total. The van der Waals surface area contributed by atoms with Crippen molar-refractivity contribution in [3.8, 4) is 5.88 Å². The first-order chi connectivity index (χ1) is 9.12. The van der Waals surface area contributed by atoms with Gasteiger partial charge in [-0.3, -0.25) is 0 Å². The molecule has 0 atom stereocenters. The van der Waals surface area contributed by atoms with Crippen LogP contribution in [0.3, 0.4) is 0 Å². The summed E-state index contributed by atoms with van der Waals surface area (Å²) in [5, 5.41) is 7.61. The highest BCUT2D eigenvalue weighted by molar-refractivity contribution is 7.89. The smallest absolute Gasteiger partial charge is 0.233 e. The summed E-state index contributed by atoms with van der Waals surface area (Å²) >= 11 is 0. The summed E-state index contributed by atoms with van der Waals surface area (Å²) in [6.07, 6.45) is 3.65. The molecule has 0 unspecified atom stereocenters. The molecule has 0 radical (unpaired) electrons. The Morgan fingerprint density at radius 2 is 2.16 bits per heavy atom. The number of nitrogens with zero attached hydrogens (tertiary/aromatic N) is 3. The zero-order valence-corrected chi connectivity index (χ0v) is 11.8. The second-order valence-electron chi connectivity index (χ2n) is 4.59. The van der Waals surface area contributed by atoms with Crippen molar-refractivity contribution in [1.29, 1.82) is 0 Å². The van der Waals surface area contributed by atoms with Gasteiger partial charge in [-0.2, -0.15) is 5.10 Å². The zero-order valence-electron chi connectivity index (χ0n) is 11.0. The van der Waals surface area contributed by atoms with Gasteiger partial charge in [-0.15, -0.1) is 5.10 Å². The van der Waals surface area contributed by atoms with E-state index in [1.54, 1.807) is 22.6 Å². The number of sulfonamides is 1. The van der Waals surface area contributed by atoms with E-state index in [1.165, 1.54) is 0 Å². The first kappa shape index (κ1) is 14.2. The van der Waals surface area contributed by atoms with Crippen LogP contribution in [0.5, 0.6) is 5.88 Å². The molecule has 1 aromatic rings. The van der Waals surface area contributed by atoms with E-state index in [0.717, 1.165) is 0 Å². The Labute approximate surface area is 113 Å². The molecule has 1 aliphatic heterocycles. The van der Waals surface area contributed by atoms with E-state index in [4.69, 9.17) is 4.74 Å². The van der Waals surface area contributed by atoms with Crippen LogP contribution in [-0.2, 0) is 10.0 Å². The van der Waals surface area contributed by atoms with Gasteiger partial charge in [0.15, 0.2) is 0 Å². The van der Waals surface area contributed by atoms with Gasteiger partial charge in [-0.25, -0.2) is 12.7 Å². The summed E-state index contributed by atoms with van der Waals surface area (Å²) in [4.78, 5) is 0. The van der Waals surface area contributed by atoms with Gasteiger partial charge < -0.3 is 4.74 Å². The molecule has 2 heterocycles. The normalized spacial score (nSPS) is 18.4. The van der Waals surface area contributed by atoms with E-state index in [-0.39, 0.29) is 11.9 Å².